The quantitative estimate of drug-likeness (QED) is 0.137. The summed E-state index contributed by atoms with van der Waals surface area (Å²) in [6.07, 6.45) is 1.58. The Morgan fingerprint density at radius 2 is 1.56 bits per heavy atom. The number of pyridine rings is 1. The van der Waals surface area contributed by atoms with Crippen LogP contribution in [0.5, 0.6) is 0 Å². The molecule has 0 N–H and O–H groups in total. The zero-order valence-electron chi connectivity index (χ0n) is 28.0. The van der Waals surface area contributed by atoms with Gasteiger partial charge < -0.3 is 14.4 Å². The molecule has 4 aromatic carbocycles. The average Bonchev–Trinajstić information content (AvgIpc) is 3.57. The van der Waals surface area contributed by atoms with Crippen LogP contribution in [0.1, 0.15) is 30.4 Å². The van der Waals surface area contributed by atoms with Gasteiger partial charge in [0.2, 0.25) is 0 Å². The Morgan fingerprint density at radius 1 is 0.814 bits per heavy atom. The number of rotatable bonds is 4. The monoisotopic (exact) mass is 762 g/mol. The average molecular weight is 763 g/mol. The summed E-state index contributed by atoms with van der Waals surface area (Å²) in [4.78, 5) is 9.44. The summed E-state index contributed by atoms with van der Waals surface area (Å²) in [5.74, 6) is 0.576. The summed E-state index contributed by atoms with van der Waals surface area (Å²) in [5.41, 5.74) is 5.62. The molecule has 0 saturated carbocycles. The molecule has 218 valence electrons. The van der Waals surface area contributed by atoms with Gasteiger partial charge in [0, 0.05) is 21.4 Å². The number of fused-ring (bicyclic) bond motifs is 4. The molecule has 7 rings (SSSR count). The van der Waals surface area contributed by atoms with Crippen molar-refractivity contribution < 1.29 is 25.2 Å². The molecule has 0 unspecified atom stereocenters. The summed E-state index contributed by atoms with van der Waals surface area (Å²) in [6.45, 7) is 10.0. The summed E-state index contributed by atoms with van der Waals surface area (Å²) >= 11 is 0. The molecular formula is C37H36N4PtSi. The van der Waals surface area contributed by atoms with Crippen molar-refractivity contribution >= 4 is 57.3 Å². The molecule has 0 atom stereocenters. The maximum absolute atomic E-state index is 7.98. The van der Waals surface area contributed by atoms with Crippen LogP contribution in [0.4, 0.5) is 17.1 Å². The zero-order chi connectivity index (χ0) is 31.7. The van der Waals surface area contributed by atoms with Crippen molar-refractivity contribution in [3.8, 4) is 5.82 Å². The first kappa shape index (κ1) is 25.8. The van der Waals surface area contributed by atoms with E-state index in [2.05, 4.69) is 132 Å². The molecule has 2 aromatic heterocycles. The maximum atomic E-state index is 7.98. The molecule has 6 aromatic rings. The number of aromatic nitrogens is 2. The number of hydrogen-bond acceptors (Lipinski definition) is 3. The van der Waals surface area contributed by atoms with Crippen LogP contribution in [0.2, 0.25) is 13.1 Å². The van der Waals surface area contributed by atoms with E-state index in [1.807, 2.05) is 12.1 Å². The number of aryl methyl sites for hydroxylation is 1. The van der Waals surface area contributed by atoms with Crippen molar-refractivity contribution in [3.05, 3.63) is 115 Å². The molecule has 3 heterocycles. The van der Waals surface area contributed by atoms with E-state index in [1.54, 1.807) is 18.3 Å². The van der Waals surface area contributed by atoms with Crippen molar-refractivity contribution in [2.45, 2.75) is 46.3 Å². The van der Waals surface area contributed by atoms with Gasteiger partial charge in [0.05, 0.1) is 26.1 Å². The SMILES string of the molecule is [2H]C([2H])([2H])c1ccnc(-n2c3[c-]c([Si](C)(C)c4[c-]c(N5CN(C(C)(C)C)c6ccccc65)ccc4)ccc3c3ccccc32)c1.[Pt+2]. The van der Waals surface area contributed by atoms with Gasteiger partial charge in [-0.25, -0.2) is 4.98 Å². The fraction of sp³-hybridized carbons (Fsp3) is 0.216. The van der Waals surface area contributed by atoms with Crippen LogP contribution in [-0.4, -0.2) is 29.8 Å². The molecule has 0 radical (unpaired) electrons. The van der Waals surface area contributed by atoms with E-state index in [0.717, 1.165) is 39.3 Å². The van der Waals surface area contributed by atoms with E-state index < -0.39 is 14.9 Å². The van der Waals surface area contributed by atoms with E-state index in [4.69, 9.17) is 4.11 Å². The van der Waals surface area contributed by atoms with Crippen LogP contribution < -0.4 is 20.2 Å². The molecule has 0 aliphatic carbocycles. The van der Waals surface area contributed by atoms with Crippen LogP contribution >= 0.6 is 0 Å². The smallest absolute Gasteiger partial charge is 0.347 e. The number of hydrogen-bond donors (Lipinski definition) is 0. The first-order chi connectivity index (χ1) is 21.3. The van der Waals surface area contributed by atoms with Crippen molar-refractivity contribution in [3.63, 3.8) is 0 Å². The molecule has 0 bridgehead atoms. The Balaban J connectivity index is 0.00000372. The summed E-state index contributed by atoms with van der Waals surface area (Å²) in [5, 5.41) is 4.50. The number of benzene rings is 4. The minimum absolute atomic E-state index is 0. The molecule has 43 heavy (non-hydrogen) atoms. The van der Waals surface area contributed by atoms with Crippen LogP contribution in [0.25, 0.3) is 27.6 Å². The number of anilines is 3. The topological polar surface area (TPSA) is 24.3 Å². The van der Waals surface area contributed by atoms with Crippen molar-refractivity contribution in [2.24, 2.45) is 0 Å². The van der Waals surface area contributed by atoms with Crippen LogP contribution in [-0.2, 0) is 21.1 Å². The van der Waals surface area contributed by atoms with Crippen molar-refractivity contribution in [1.82, 2.24) is 9.55 Å². The molecule has 1 aliphatic heterocycles. The van der Waals surface area contributed by atoms with Gasteiger partial charge in [0.15, 0.2) is 0 Å². The van der Waals surface area contributed by atoms with E-state index in [0.29, 0.717) is 5.82 Å². The molecule has 4 nitrogen and oxygen atoms in total. The minimum atomic E-state index is -2.29. The van der Waals surface area contributed by atoms with Crippen molar-refractivity contribution in [1.29, 1.82) is 0 Å². The van der Waals surface area contributed by atoms with Gasteiger partial charge in [-0.2, -0.15) is 46.8 Å². The third kappa shape index (κ3) is 4.93. The van der Waals surface area contributed by atoms with E-state index >= 15 is 0 Å². The predicted molar refractivity (Wildman–Crippen MR) is 180 cm³/mol. The van der Waals surface area contributed by atoms with Gasteiger partial charge in [-0.15, -0.1) is 11.5 Å². The number of nitrogens with zero attached hydrogens (tertiary/aromatic N) is 4. The molecule has 6 heteroatoms. The van der Waals surface area contributed by atoms with Gasteiger partial charge >= 0.3 is 21.1 Å². The fourth-order valence-corrected chi connectivity index (χ4v) is 8.33. The molecule has 0 amide bonds. The van der Waals surface area contributed by atoms with Crippen LogP contribution in [0, 0.1) is 19.0 Å². The summed E-state index contributed by atoms with van der Waals surface area (Å²) in [6, 6.07) is 38.6. The zero-order valence-corrected chi connectivity index (χ0v) is 28.3. The van der Waals surface area contributed by atoms with Gasteiger partial charge in [0.25, 0.3) is 0 Å². The van der Waals surface area contributed by atoms with Gasteiger partial charge in [-0.05, 0) is 68.9 Å². The van der Waals surface area contributed by atoms with E-state index in [1.165, 1.54) is 16.6 Å². The Hall–Kier alpha value is -3.66. The van der Waals surface area contributed by atoms with Crippen LogP contribution in [0.3, 0.4) is 0 Å². The maximum Gasteiger partial charge on any atom is 2.00 e. The second-order valence-electron chi connectivity index (χ2n) is 12.6. The minimum Gasteiger partial charge on any atom is -0.347 e. The predicted octanol–water partition coefficient (Wildman–Crippen LogP) is 7.62. The molecule has 0 fully saturated rings. The van der Waals surface area contributed by atoms with Crippen LogP contribution in [0.15, 0.2) is 97.2 Å². The molecular weight excluding hydrogens is 724 g/mol. The Kier molecular flexibility index (Phi) is 6.48. The Morgan fingerprint density at radius 3 is 2.35 bits per heavy atom. The third-order valence-corrected chi connectivity index (χ3v) is 11.8. The fourth-order valence-electron chi connectivity index (χ4n) is 6.15. The normalized spacial score (nSPS) is 14.8. The third-order valence-electron chi connectivity index (χ3n) is 8.53. The second kappa shape index (κ2) is 10.8. The standard InChI is InChI=1S/C37H36N4Si.Pt/c1-26-20-21-38-36(22-26)41-32-15-8-7-14-30(32)31-19-18-29(24-35(31)41)42(5,6)28-13-11-12-27(23-28)39-25-40(37(2,3)4)34-17-10-9-16-33(34)39;/h7-22H,25H2,1-6H3;/q-2;+2/i1D3;. The first-order valence-corrected chi connectivity index (χ1v) is 17.4. The van der Waals surface area contributed by atoms with E-state index in [9.17, 15) is 0 Å². The van der Waals surface area contributed by atoms with Crippen molar-refractivity contribution in [2.75, 3.05) is 16.5 Å². The second-order valence-corrected chi connectivity index (χ2v) is 16.9. The molecule has 0 saturated heterocycles. The van der Waals surface area contributed by atoms with Gasteiger partial charge in [-0.3, -0.25) is 0 Å². The first-order valence-electron chi connectivity index (χ1n) is 15.9. The van der Waals surface area contributed by atoms with Gasteiger partial charge in [-0.1, -0.05) is 54.6 Å². The largest absolute Gasteiger partial charge is 2.00 e. The number of para-hydroxylation sites is 3. The molecule has 1 aliphatic rings. The van der Waals surface area contributed by atoms with E-state index in [-0.39, 0.29) is 32.2 Å². The summed E-state index contributed by atoms with van der Waals surface area (Å²) < 4.78 is 26.0. The Labute approximate surface area is 274 Å². The molecule has 0 spiro atoms. The summed E-state index contributed by atoms with van der Waals surface area (Å²) in [7, 11) is -2.29. The van der Waals surface area contributed by atoms with Gasteiger partial charge in [0.1, 0.15) is 5.82 Å². The Bertz CT molecular complexity index is 2080.